The molecule has 3 atom stereocenters. The van der Waals surface area contributed by atoms with Gasteiger partial charge in [0.2, 0.25) is 0 Å². The molecule has 0 aliphatic heterocycles. The monoisotopic (exact) mass is 185 g/mol. The fourth-order valence-corrected chi connectivity index (χ4v) is 1.56. The van der Waals surface area contributed by atoms with E-state index in [1.807, 2.05) is 0 Å². The Kier molecular flexibility index (Phi) is 7.35. The van der Waals surface area contributed by atoms with E-state index in [2.05, 4.69) is 39.9 Å². The molecule has 13 heavy (non-hydrogen) atoms. The van der Waals surface area contributed by atoms with Crippen LogP contribution in [0.15, 0.2) is 0 Å². The lowest BCUT2D eigenvalue weighted by molar-refractivity contribution is 0.291. The lowest BCUT2D eigenvalue weighted by atomic mass is 9.88. The lowest BCUT2D eigenvalue weighted by Crippen LogP contribution is -2.35. The largest absolute Gasteiger partial charge is 0.314 e. The van der Waals surface area contributed by atoms with Gasteiger partial charge in [0, 0.05) is 6.04 Å². The van der Waals surface area contributed by atoms with Gasteiger partial charge in [0.1, 0.15) is 0 Å². The van der Waals surface area contributed by atoms with Gasteiger partial charge in [0.05, 0.1) is 0 Å². The van der Waals surface area contributed by atoms with Crippen molar-refractivity contribution in [2.24, 2.45) is 11.8 Å². The molecule has 0 aliphatic rings. The molecule has 0 bridgehead atoms. The first-order valence-corrected chi connectivity index (χ1v) is 5.86. The summed E-state index contributed by atoms with van der Waals surface area (Å²) in [6.07, 6.45) is 3.88. The number of nitrogens with one attached hydrogen (secondary N) is 1. The highest BCUT2D eigenvalue weighted by Crippen LogP contribution is 2.17. The molecular weight excluding hydrogens is 158 g/mol. The predicted octanol–water partition coefficient (Wildman–Crippen LogP) is 3.45. The molecule has 0 fully saturated rings. The zero-order valence-corrected chi connectivity index (χ0v) is 10.1. The summed E-state index contributed by atoms with van der Waals surface area (Å²) in [6.45, 7) is 12.7. The molecule has 0 aliphatic carbocycles. The Morgan fingerprint density at radius 1 is 1.08 bits per heavy atom. The van der Waals surface area contributed by atoms with Crippen LogP contribution in [-0.4, -0.2) is 12.6 Å². The van der Waals surface area contributed by atoms with E-state index < -0.39 is 0 Å². The standard InChI is InChI=1S/C12H27N/c1-6-8-9-13-12(5)11(4)10(3)7-2/h10-13H,6-9H2,1-5H3. The first-order chi connectivity index (χ1) is 6.13. The highest BCUT2D eigenvalue weighted by atomic mass is 14.9. The van der Waals surface area contributed by atoms with E-state index in [0.29, 0.717) is 6.04 Å². The van der Waals surface area contributed by atoms with Gasteiger partial charge in [-0.2, -0.15) is 0 Å². The van der Waals surface area contributed by atoms with Gasteiger partial charge < -0.3 is 5.32 Å². The second-order valence-electron chi connectivity index (χ2n) is 4.34. The Bertz CT molecular complexity index is 112. The van der Waals surface area contributed by atoms with E-state index in [4.69, 9.17) is 0 Å². The Labute approximate surface area is 84.3 Å². The van der Waals surface area contributed by atoms with Crippen LogP contribution in [0.25, 0.3) is 0 Å². The third-order valence-corrected chi connectivity index (χ3v) is 3.33. The molecule has 0 aromatic heterocycles. The predicted molar refractivity (Wildman–Crippen MR) is 61.0 cm³/mol. The summed E-state index contributed by atoms with van der Waals surface area (Å²) in [7, 11) is 0. The molecule has 0 spiro atoms. The Morgan fingerprint density at radius 2 is 1.69 bits per heavy atom. The normalized spacial score (nSPS) is 18.2. The van der Waals surface area contributed by atoms with Crippen molar-refractivity contribution in [3.8, 4) is 0 Å². The second-order valence-corrected chi connectivity index (χ2v) is 4.34. The molecule has 0 amide bonds. The van der Waals surface area contributed by atoms with Crippen LogP contribution in [0.2, 0.25) is 0 Å². The van der Waals surface area contributed by atoms with Crippen molar-refractivity contribution in [2.45, 2.75) is 59.9 Å². The molecule has 0 rings (SSSR count). The van der Waals surface area contributed by atoms with E-state index in [1.54, 1.807) is 0 Å². The molecule has 1 N–H and O–H groups in total. The maximum Gasteiger partial charge on any atom is 0.00669 e. The summed E-state index contributed by atoms with van der Waals surface area (Å²) >= 11 is 0. The zero-order chi connectivity index (χ0) is 10.3. The van der Waals surface area contributed by atoms with Crippen LogP contribution in [0, 0.1) is 11.8 Å². The van der Waals surface area contributed by atoms with Gasteiger partial charge in [-0.25, -0.2) is 0 Å². The fraction of sp³-hybridized carbons (Fsp3) is 1.00. The summed E-state index contributed by atoms with van der Waals surface area (Å²) in [5, 5.41) is 3.60. The number of hydrogen-bond acceptors (Lipinski definition) is 1. The van der Waals surface area contributed by atoms with Crippen LogP contribution in [0.4, 0.5) is 0 Å². The lowest BCUT2D eigenvalue weighted by Gasteiger charge is -2.26. The van der Waals surface area contributed by atoms with Crippen molar-refractivity contribution < 1.29 is 0 Å². The fourth-order valence-electron chi connectivity index (χ4n) is 1.56. The van der Waals surface area contributed by atoms with Gasteiger partial charge in [-0.15, -0.1) is 0 Å². The van der Waals surface area contributed by atoms with E-state index >= 15 is 0 Å². The molecule has 0 aromatic rings. The molecule has 0 heterocycles. The number of hydrogen-bond donors (Lipinski definition) is 1. The van der Waals surface area contributed by atoms with Crippen molar-refractivity contribution in [1.29, 1.82) is 0 Å². The quantitative estimate of drug-likeness (QED) is 0.599. The van der Waals surface area contributed by atoms with Crippen molar-refractivity contribution in [2.75, 3.05) is 6.54 Å². The highest BCUT2D eigenvalue weighted by molar-refractivity contribution is 4.72. The van der Waals surface area contributed by atoms with Gasteiger partial charge in [-0.05, 0) is 31.7 Å². The van der Waals surface area contributed by atoms with Gasteiger partial charge in [-0.3, -0.25) is 0 Å². The first kappa shape index (κ1) is 13.0. The smallest absolute Gasteiger partial charge is 0.00669 e. The second kappa shape index (κ2) is 7.37. The molecule has 1 heteroatoms. The number of unbranched alkanes of at least 4 members (excludes halogenated alkanes) is 1. The van der Waals surface area contributed by atoms with E-state index in [9.17, 15) is 0 Å². The summed E-state index contributed by atoms with van der Waals surface area (Å²) in [5.41, 5.74) is 0. The summed E-state index contributed by atoms with van der Waals surface area (Å²) < 4.78 is 0. The van der Waals surface area contributed by atoms with Crippen molar-refractivity contribution in [1.82, 2.24) is 5.32 Å². The molecular formula is C12H27N. The van der Waals surface area contributed by atoms with Gasteiger partial charge in [0.15, 0.2) is 0 Å². The molecule has 0 saturated heterocycles. The molecule has 0 aromatic carbocycles. The minimum Gasteiger partial charge on any atom is -0.314 e. The third-order valence-electron chi connectivity index (χ3n) is 3.33. The van der Waals surface area contributed by atoms with E-state index in [-0.39, 0.29) is 0 Å². The van der Waals surface area contributed by atoms with Crippen molar-refractivity contribution in [3.05, 3.63) is 0 Å². The van der Waals surface area contributed by atoms with Gasteiger partial charge in [-0.1, -0.05) is 40.5 Å². The minimum atomic E-state index is 0.668. The summed E-state index contributed by atoms with van der Waals surface area (Å²) in [4.78, 5) is 0. The summed E-state index contributed by atoms with van der Waals surface area (Å²) in [5.74, 6) is 1.63. The molecule has 1 nitrogen and oxygen atoms in total. The maximum atomic E-state index is 3.60. The molecule has 0 radical (unpaired) electrons. The van der Waals surface area contributed by atoms with Crippen LogP contribution in [0.1, 0.15) is 53.9 Å². The van der Waals surface area contributed by atoms with Crippen molar-refractivity contribution >= 4 is 0 Å². The first-order valence-electron chi connectivity index (χ1n) is 5.86. The highest BCUT2D eigenvalue weighted by Gasteiger charge is 2.16. The van der Waals surface area contributed by atoms with Crippen LogP contribution < -0.4 is 5.32 Å². The zero-order valence-electron chi connectivity index (χ0n) is 10.1. The van der Waals surface area contributed by atoms with Crippen LogP contribution in [-0.2, 0) is 0 Å². The van der Waals surface area contributed by atoms with Crippen LogP contribution in [0.3, 0.4) is 0 Å². The van der Waals surface area contributed by atoms with Crippen LogP contribution in [0.5, 0.6) is 0 Å². The Morgan fingerprint density at radius 3 is 2.15 bits per heavy atom. The maximum absolute atomic E-state index is 3.60. The topological polar surface area (TPSA) is 12.0 Å². The minimum absolute atomic E-state index is 0.668. The van der Waals surface area contributed by atoms with Gasteiger partial charge >= 0.3 is 0 Å². The average Bonchev–Trinajstić information content (AvgIpc) is 2.15. The third kappa shape index (κ3) is 5.30. The molecule has 0 saturated carbocycles. The SMILES string of the molecule is CCCCNC(C)C(C)C(C)CC. The van der Waals surface area contributed by atoms with E-state index in [1.165, 1.54) is 25.8 Å². The summed E-state index contributed by atoms with van der Waals surface area (Å²) in [6, 6.07) is 0.668. The number of rotatable bonds is 7. The Balaban J connectivity index is 3.62. The van der Waals surface area contributed by atoms with E-state index in [0.717, 1.165) is 11.8 Å². The molecule has 80 valence electrons. The Hall–Kier alpha value is -0.0400. The average molecular weight is 185 g/mol. The molecule has 3 unspecified atom stereocenters. The van der Waals surface area contributed by atoms with Gasteiger partial charge in [0.25, 0.3) is 0 Å². The van der Waals surface area contributed by atoms with Crippen molar-refractivity contribution in [3.63, 3.8) is 0 Å². The van der Waals surface area contributed by atoms with Crippen LogP contribution >= 0.6 is 0 Å².